The third-order valence-electron chi connectivity index (χ3n) is 2.88. The van der Waals surface area contributed by atoms with Gasteiger partial charge in [0.2, 0.25) is 0 Å². The maximum Gasteiger partial charge on any atom is 0.115 e. The minimum atomic E-state index is 0.325. The van der Waals surface area contributed by atoms with Gasteiger partial charge >= 0.3 is 0 Å². The zero-order valence-electron chi connectivity index (χ0n) is 9.91. The third kappa shape index (κ3) is 1.94. The molecule has 0 atom stereocenters. The Morgan fingerprint density at radius 3 is 1.88 bits per heavy atom. The molecule has 82 valence electrons. The molecule has 1 nitrogen and oxygen atoms in total. The molecule has 0 aliphatic rings. The van der Waals surface area contributed by atoms with E-state index in [1.807, 2.05) is 13.0 Å². The lowest BCUT2D eigenvalue weighted by molar-refractivity contribution is 0.475. The van der Waals surface area contributed by atoms with Gasteiger partial charge in [0.1, 0.15) is 5.75 Å². The first-order chi connectivity index (χ1) is 7.58. The van der Waals surface area contributed by atoms with Gasteiger partial charge in [0, 0.05) is 0 Å². The molecule has 2 rings (SSSR count). The number of phenolic OH excluding ortho intramolecular Hbond substituents is 1. The molecule has 0 amide bonds. The number of benzene rings is 2. The SMILES string of the molecule is Cc1ccc(-c2ccc(O)cc2C)c(C)c1. The van der Waals surface area contributed by atoms with Gasteiger partial charge in [0.05, 0.1) is 0 Å². The van der Waals surface area contributed by atoms with Crippen molar-refractivity contribution in [3.05, 3.63) is 53.1 Å². The Morgan fingerprint density at radius 2 is 1.31 bits per heavy atom. The van der Waals surface area contributed by atoms with Crippen LogP contribution < -0.4 is 0 Å². The largest absolute Gasteiger partial charge is 0.508 e. The van der Waals surface area contributed by atoms with E-state index in [2.05, 4.69) is 32.0 Å². The van der Waals surface area contributed by atoms with Gasteiger partial charge < -0.3 is 5.11 Å². The van der Waals surface area contributed by atoms with Crippen molar-refractivity contribution in [2.75, 3.05) is 0 Å². The fourth-order valence-electron chi connectivity index (χ4n) is 2.07. The molecule has 1 N–H and O–H groups in total. The van der Waals surface area contributed by atoms with Crippen molar-refractivity contribution in [2.24, 2.45) is 0 Å². The summed E-state index contributed by atoms with van der Waals surface area (Å²) >= 11 is 0. The van der Waals surface area contributed by atoms with Crippen molar-refractivity contribution in [2.45, 2.75) is 20.8 Å². The first-order valence-corrected chi connectivity index (χ1v) is 5.45. The molecule has 0 radical (unpaired) electrons. The molecule has 0 aliphatic heterocycles. The fourth-order valence-corrected chi connectivity index (χ4v) is 2.07. The molecule has 0 bridgehead atoms. The van der Waals surface area contributed by atoms with Crippen LogP contribution in [0.4, 0.5) is 0 Å². The minimum Gasteiger partial charge on any atom is -0.508 e. The average Bonchev–Trinajstić information content (AvgIpc) is 2.19. The number of rotatable bonds is 1. The molecule has 0 saturated heterocycles. The summed E-state index contributed by atoms with van der Waals surface area (Å²) in [5.41, 5.74) is 6.08. The second kappa shape index (κ2) is 4.01. The molecule has 0 heterocycles. The summed E-state index contributed by atoms with van der Waals surface area (Å²) in [6.07, 6.45) is 0. The quantitative estimate of drug-likeness (QED) is 0.758. The lowest BCUT2D eigenvalue weighted by Crippen LogP contribution is -1.87. The van der Waals surface area contributed by atoms with Crippen LogP contribution in [0.3, 0.4) is 0 Å². The summed E-state index contributed by atoms with van der Waals surface area (Å²) in [5.74, 6) is 0.325. The van der Waals surface area contributed by atoms with Gasteiger partial charge in [-0.25, -0.2) is 0 Å². The summed E-state index contributed by atoms with van der Waals surface area (Å²) in [4.78, 5) is 0. The fraction of sp³-hybridized carbons (Fsp3) is 0.200. The molecule has 0 fully saturated rings. The molecule has 2 aromatic carbocycles. The highest BCUT2D eigenvalue weighted by Crippen LogP contribution is 2.29. The molecular weight excluding hydrogens is 196 g/mol. The van der Waals surface area contributed by atoms with E-state index in [0.717, 1.165) is 5.56 Å². The van der Waals surface area contributed by atoms with Crippen molar-refractivity contribution in [3.8, 4) is 16.9 Å². The molecule has 16 heavy (non-hydrogen) atoms. The smallest absolute Gasteiger partial charge is 0.115 e. The predicted molar refractivity (Wildman–Crippen MR) is 67.8 cm³/mol. The van der Waals surface area contributed by atoms with E-state index in [9.17, 15) is 5.11 Å². The van der Waals surface area contributed by atoms with E-state index in [4.69, 9.17) is 0 Å². The summed E-state index contributed by atoms with van der Waals surface area (Å²) in [7, 11) is 0. The van der Waals surface area contributed by atoms with E-state index < -0.39 is 0 Å². The van der Waals surface area contributed by atoms with Crippen LogP contribution in [-0.2, 0) is 0 Å². The lowest BCUT2D eigenvalue weighted by Gasteiger charge is -2.10. The molecule has 0 aliphatic carbocycles. The molecule has 0 spiro atoms. The molecule has 0 aromatic heterocycles. The van der Waals surface area contributed by atoms with Crippen molar-refractivity contribution in [3.63, 3.8) is 0 Å². The van der Waals surface area contributed by atoms with Crippen LogP contribution in [0.2, 0.25) is 0 Å². The molecule has 0 saturated carbocycles. The predicted octanol–water partition coefficient (Wildman–Crippen LogP) is 3.98. The van der Waals surface area contributed by atoms with E-state index in [-0.39, 0.29) is 0 Å². The minimum absolute atomic E-state index is 0.325. The van der Waals surface area contributed by atoms with Gasteiger partial charge in [0.15, 0.2) is 0 Å². The van der Waals surface area contributed by atoms with Crippen LogP contribution in [0.5, 0.6) is 5.75 Å². The van der Waals surface area contributed by atoms with Crippen molar-refractivity contribution >= 4 is 0 Å². The normalized spacial score (nSPS) is 10.4. The van der Waals surface area contributed by atoms with Crippen molar-refractivity contribution in [1.82, 2.24) is 0 Å². The summed E-state index contributed by atoms with van der Waals surface area (Å²) in [6.45, 7) is 6.24. The maximum absolute atomic E-state index is 9.40. The maximum atomic E-state index is 9.40. The third-order valence-corrected chi connectivity index (χ3v) is 2.88. The topological polar surface area (TPSA) is 20.2 Å². The standard InChI is InChI=1S/C15H16O/c1-10-4-6-14(11(2)8-10)15-7-5-13(16)9-12(15)3/h4-9,16H,1-3H3. The van der Waals surface area contributed by atoms with E-state index in [1.54, 1.807) is 12.1 Å². The first kappa shape index (κ1) is 10.7. The molecule has 0 unspecified atom stereocenters. The van der Waals surface area contributed by atoms with Gasteiger partial charge in [0.25, 0.3) is 0 Å². The number of hydrogen-bond acceptors (Lipinski definition) is 1. The summed E-state index contributed by atoms with van der Waals surface area (Å²) in [5, 5.41) is 9.40. The highest BCUT2D eigenvalue weighted by Gasteiger charge is 2.05. The van der Waals surface area contributed by atoms with E-state index in [1.165, 1.54) is 22.3 Å². The van der Waals surface area contributed by atoms with Crippen LogP contribution in [-0.4, -0.2) is 5.11 Å². The van der Waals surface area contributed by atoms with Crippen LogP contribution in [0.25, 0.3) is 11.1 Å². The number of aromatic hydroxyl groups is 1. The van der Waals surface area contributed by atoms with Crippen LogP contribution in [0, 0.1) is 20.8 Å². The molecule has 1 heteroatoms. The second-order valence-corrected chi connectivity index (χ2v) is 4.32. The van der Waals surface area contributed by atoms with Crippen LogP contribution >= 0.6 is 0 Å². The summed E-state index contributed by atoms with van der Waals surface area (Å²) < 4.78 is 0. The Bertz CT molecular complexity index is 477. The Hall–Kier alpha value is -1.76. The molecular formula is C15H16O. The zero-order chi connectivity index (χ0) is 11.7. The van der Waals surface area contributed by atoms with Gasteiger partial charge in [-0.05, 0) is 55.2 Å². The second-order valence-electron chi connectivity index (χ2n) is 4.32. The Morgan fingerprint density at radius 1 is 0.750 bits per heavy atom. The Balaban J connectivity index is 2.59. The van der Waals surface area contributed by atoms with Gasteiger partial charge in [-0.15, -0.1) is 0 Å². The highest BCUT2D eigenvalue weighted by molar-refractivity contribution is 5.71. The lowest BCUT2D eigenvalue weighted by atomic mass is 9.95. The summed E-state index contributed by atoms with van der Waals surface area (Å²) in [6, 6.07) is 12.0. The number of phenols is 1. The average molecular weight is 212 g/mol. The van der Waals surface area contributed by atoms with Gasteiger partial charge in [-0.3, -0.25) is 0 Å². The van der Waals surface area contributed by atoms with Crippen molar-refractivity contribution in [1.29, 1.82) is 0 Å². The Labute approximate surface area is 96.4 Å². The van der Waals surface area contributed by atoms with Crippen LogP contribution in [0.15, 0.2) is 36.4 Å². The highest BCUT2D eigenvalue weighted by atomic mass is 16.3. The van der Waals surface area contributed by atoms with Crippen molar-refractivity contribution < 1.29 is 5.11 Å². The molecule has 2 aromatic rings. The van der Waals surface area contributed by atoms with Crippen LogP contribution in [0.1, 0.15) is 16.7 Å². The zero-order valence-corrected chi connectivity index (χ0v) is 9.91. The monoisotopic (exact) mass is 212 g/mol. The number of aryl methyl sites for hydroxylation is 3. The van der Waals surface area contributed by atoms with Gasteiger partial charge in [-0.1, -0.05) is 29.8 Å². The number of hydrogen-bond donors (Lipinski definition) is 1. The van der Waals surface area contributed by atoms with Gasteiger partial charge in [-0.2, -0.15) is 0 Å². The van der Waals surface area contributed by atoms with E-state index in [0.29, 0.717) is 5.75 Å². The van der Waals surface area contributed by atoms with E-state index >= 15 is 0 Å². The Kier molecular flexibility index (Phi) is 2.69. The first-order valence-electron chi connectivity index (χ1n) is 5.45.